The molecule has 0 unspecified atom stereocenters. The summed E-state index contributed by atoms with van der Waals surface area (Å²) in [6, 6.07) is 13.6. The molecule has 1 N–H and O–H groups in total. The average molecular weight is 338 g/mol. The highest BCUT2D eigenvalue weighted by Crippen LogP contribution is 2.28. The van der Waals surface area contributed by atoms with Gasteiger partial charge < -0.3 is 19.4 Å². The van der Waals surface area contributed by atoms with Gasteiger partial charge >= 0.3 is 0 Å². The van der Waals surface area contributed by atoms with Crippen molar-refractivity contribution in [2.45, 2.75) is 6.54 Å². The van der Waals surface area contributed by atoms with Gasteiger partial charge in [-0.25, -0.2) is 0 Å². The summed E-state index contributed by atoms with van der Waals surface area (Å²) in [5, 5.41) is 11.6. The largest absolute Gasteiger partial charge is 0.497 e. The number of nitrogens with one attached hydrogen (secondary N) is 1. The molecule has 0 amide bonds. The van der Waals surface area contributed by atoms with Gasteiger partial charge in [0.2, 0.25) is 11.8 Å². The number of benzene rings is 2. The van der Waals surface area contributed by atoms with Gasteiger partial charge in [-0.1, -0.05) is 0 Å². The second-order valence-electron chi connectivity index (χ2n) is 6.00. The SMILES string of the molecule is CNc1ccc(-c2nnc(-c3ccc(OC)cc3)o2)cc1CN(C)C. The number of aromatic nitrogens is 2. The predicted molar refractivity (Wildman–Crippen MR) is 98.7 cm³/mol. The number of anilines is 1. The van der Waals surface area contributed by atoms with Crippen molar-refractivity contribution < 1.29 is 9.15 Å². The first-order valence-electron chi connectivity index (χ1n) is 8.04. The molecule has 0 spiro atoms. The molecule has 6 heteroatoms. The zero-order valence-electron chi connectivity index (χ0n) is 14.9. The Morgan fingerprint density at radius 2 is 1.64 bits per heavy atom. The Kier molecular flexibility index (Phi) is 5.00. The summed E-state index contributed by atoms with van der Waals surface area (Å²) < 4.78 is 11.0. The van der Waals surface area contributed by atoms with Crippen LogP contribution in [0.5, 0.6) is 5.75 Å². The average Bonchev–Trinajstić information content (AvgIpc) is 3.11. The molecule has 0 saturated heterocycles. The van der Waals surface area contributed by atoms with Crippen molar-refractivity contribution in [1.29, 1.82) is 0 Å². The van der Waals surface area contributed by atoms with Gasteiger partial charge in [0.1, 0.15) is 5.75 Å². The van der Waals surface area contributed by atoms with E-state index in [9.17, 15) is 0 Å². The van der Waals surface area contributed by atoms with Gasteiger partial charge in [-0.05, 0) is 62.1 Å². The molecule has 0 aliphatic carbocycles. The van der Waals surface area contributed by atoms with Gasteiger partial charge in [0.05, 0.1) is 7.11 Å². The molecule has 0 fully saturated rings. The number of rotatable bonds is 6. The van der Waals surface area contributed by atoms with E-state index >= 15 is 0 Å². The van der Waals surface area contributed by atoms with Crippen molar-refractivity contribution in [3.05, 3.63) is 48.0 Å². The highest BCUT2D eigenvalue weighted by molar-refractivity contribution is 5.64. The zero-order chi connectivity index (χ0) is 17.8. The molecule has 1 heterocycles. The van der Waals surface area contributed by atoms with Crippen LogP contribution in [0.15, 0.2) is 46.9 Å². The van der Waals surface area contributed by atoms with Crippen LogP contribution in [0.4, 0.5) is 5.69 Å². The minimum Gasteiger partial charge on any atom is -0.497 e. The second kappa shape index (κ2) is 7.36. The standard InChI is InChI=1S/C19H22N4O2/c1-20-17-10-7-14(11-15(17)12-23(2)3)19-22-21-18(25-19)13-5-8-16(24-4)9-6-13/h5-11,20H,12H2,1-4H3. The van der Waals surface area contributed by atoms with Crippen LogP contribution in [0.2, 0.25) is 0 Å². The normalized spacial score (nSPS) is 10.9. The van der Waals surface area contributed by atoms with Crippen LogP contribution in [0, 0.1) is 0 Å². The van der Waals surface area contributed by atoms with Crippen molar-refractivity contribution in [3.8, 4) is 28.7 Å². The molecule has 0 aliphatic heterocycles. The maximum absolute atomic E-state index is 5.87. The quantitative estimate of drug-likeness (QED) is 0.742. The van der Waals surface area contributed by atoms with E-state index in [0.717, 1.165) is 29.1 Å². The highest BCUT2D eigenvalue weighted by Gasteiger charge is 2.13. The number of nitrogens with zero attached hydrogens (tertiary/aromatic N) is 3. The first-order valence-corrected chi connectivity index (χ1v) is 8.04. The summed E-state index contributed by atoms with van der Waals surface area (Å²) >= 11 is 0. The summed E-state index contributed by atoms with van der Waals surface area (Å²) in [6.07, 6.45) is 0. The Bertz CT molecular complexity index is 841. The summed E-state index contributed by atoms with van der Waals surface area (Å²) in [6.45, 7) is 0.823. The molecule has 1 aromatic heterocycles. The topological polar surface area (TPSA) is 63.4 Å². The molecular weight excluding hydrogens is 316 g/mol. The van der Waals surface area contributed by atoms with Crippen molar-refractivity contribution in [2.75, 3.05) is 33.6 Å². The molecule has 0 atom stereocenters. The van der Waals surface area contributed by atoms with Gasteiger partial charge in [-0.2, -0.15) is 0 Å². The monoisotopic (exact) mass is 338 g/mol. The van der Waals surface area contributed by atoms with Gasteiger partial charge in [0.25, 0.3) is 0 Å². The number of hydrogen-bond donors (Lipinski definition) is 1. The summed E-state index contributed by atoms with van der Waals surface area (Å²) in [7, 11) is 7.64. The molecular formula is C19H22N4O2. The smallest absolute Gasteiger partial charge is 0.248 e. The Morgan fingerprint density at radius 1 is 1.00 bits per heavy atom. The van der Waals surface area contributed by atoms with Crippen LogP contribution >= 0.6 is 0 Å². The lowest BCUT2D eigenvalue weighted by atomic mass is 10.1. The van der Waals surface area contributed by atoms with E-state index < -0.39 is 0 Å². The molecule has 3 aromatic rings. The van der Waals surface area contributed by atoms with Crippen LogP contribution in [0.25, 0.3) is 22.9 Å². The first-order chi connectivity index (χ1) is 12.1. The summed E-state index contributed by atoms with van der Waals surface area (Å²) in [5.41, 5.74) is 4.03. The predicted octanol–water partition coefficient (Wildman–Crippen LogP) is 3.52. The van der Waals surface area contributed by atoms with Crippen LogP contribution in [0.1, 0.15) is 5.56 Å². The van der Waals surface area contributed by atoms with Gasteiger partial charge in [-0.15, -0.1) is 10.2 Å². The lowest BCUT2D eigenvalue weighted by molar-refractivity contribution is 0.403. The molecule has 0 aliphatic rings. The first kappa shape index (κ1) is 17.0. The van der Waals surface area contributed by atoms with E-state index in [1.165, 1.54) is 5.56 Å². The summed E-state index contributed by atoms with van der Waals surface area (Å²) in [4.78, 5) is 2.12. The lowest BCUT2D eigenvalue weighted by Gasteiger charge is -2.14. The third-order valence-electron chi connectivity index (χ3n) is 3.87. The molecule has 2 aromatic carbocycles. The van der Waals surface area contributed by atoms with Gasteiger partial charge in [0.15, 0.2) is 0 Å². The highest BCUT2D eigenvalue weighted by atomic mass is 16.5. The van der Waals surface area contributed by atoms with Crippen LogP contribution in [0.3, 0.4) is 0 Å². The minimum absolute atomic E-state index is 0.490. The van der Waals surface area contributed by atoms with Crippen LogP contribution < -0.4 is 10.1 Å². The Morgan fingerprint density at radius 3 is 2.24 bits per heavy atom. The van der Waals surface area contributed by atoms with Crippen molar-refractivity contribution in [2.24, 2.45) is 0 Å². The molecule has 130 valence electrons. The van der Waals surface area contributed by atoms with E-state index in [0.29, 0.717) is 11.8 Å². The van der Waals surface area contributed by atoms with E-state index in [1.807, 2.05) is 57.5 Å². The fourth-order valence-corrected chi connectivity index (χ4v) is 2.63. The summed E-state index contributed by atoms with van der Waals surface area (Å²) in [5.74, 6) is 1.79. The van der Waals surface area contributed by atoms with E-state index in [1.54, 1.807) is 7.11 Å². The maximum Gasteiger partial charge on any atom is 0.248 e. The van der Waals surface area contributed by atoms with E-state index in [-0.39, 0.29) is 0 Å². The third kappa shape index (κ3) is 3.80. The lowest BCUT2D eigenvalue weighted by Crippen LogP contribution is -2.12. The van der Waals surface area contributed by atoms with Gasteiger partial charge in [-0.3, -0.25) is 0 Å². The second-order valence-corrected chi connectivity index (χ2v) is 6.00. The van der Waals surface area contributed by atoms with E-state index in [2.05, 4.69) is 26.5 Å². The van der Waals surface area contributed by atoms with Crippen molar-refractivity contribution in [1.82, 2.24) is 15.1 Å². The molecule has 0 radical (unpaired) electrons. The maximum atomic E-state index is 5.87. The fourth-order valence-electron chi connectivity index (χ4n) is 2.63. The molecule has 25 heavy (non-hydrogen) atoms. The van der Waals surface area contributed by atoms with Gasteiger partial charge in [0, 0.05) is 30.4 Å². The van der Waals surface area contributed by atoms with E-state index in [4.69, 9.17) is 9.15 Å². The Balaban J connectivity index is 1.90. The van der Waals surface area contributed by atoms with Crippen molar-refractivity contribution >= 4 is 5.69 Å². The van der Waals surface area contributed by atoms with Crippen LogP contribution in [-0.2, 0) is 6.54 Å². The zero-order valence-corrected chi connectivity index (χ0v) is 14.9. The third-order valence-corrected chi connectivity index (χ3v) is 3.87. The Labute approximate surface area is 147 Å². The number of methoxy groups -OCH3 is 1. The van der Waals surface area contributed by atoms with Crippen molar-refractivity contribution in [3.63, 3.8) is 0 Å². The van der Waals surface area contributed by atoms with Crippen LogP contribution in [-0.4, -0.2) is 43.4 Å². The minimum atomic E-state index is 0.490. The fraction of sp³-hybridized carbons (Fsp3) is 0.263. The Hall–Kier alpha value is -2.86. The molecule has 0 bridgehead atoms. The number of ether oxygens (including phenoxy) is 1. The molecule has 3 rings (SSSR count). The molecule has 6 nitrogen and oxygen atoms in total. The molecule has 0 saturated carbocycles. The number of hydrogen-bond acceptors (Lipinski definition) is 6.